The van der Waals surface area contributed by atoms with Gasteiger partial charge in [-0.15, -0.1) is 13.2 Å². The molecule has 0 saturated carbocycles. The summed E-state index contributed by atoms with van der Waals surface area (Å²) in [6, 6.07) is 3.02. The lowest BCUT2D eigenvalue weighted by atomic mass is 10.2. The summed E-state index contributed by atoms with van der Waals surface area (Å²) in [5, 5.41) is 13.7. The molecule has 8 nitrogen and oxygen atoms in total. The molecule has 2 aromatic rings. The molecule has 1 aliphatic rings. The molecule has 0 bridgehead atoms. The molecule has 1 aromatic carbocycles. The molecule has 1 unspecified atom stereocenters. The highest BCUT2D eigenvalue weighted by molar-refractivity contribution is 5.29. The van der Waals surface area contributed by atoms with Crippen LogP contribution in [0.25, 0.3) is 0 Å². The van der Waals surface area contributed by atoms with Gasteiger partial charge >= 0.3 is 18.2 Å². The molecule has 12 heteroatoms. The summed E-state index contributed by atoms with van der Waals surface area (Å²) in [6.45, 7) is 0.684. The van der Waals surface area contributed by atoms with Crippen molar-refractivity contribution in [2.24, 2.45) is 0 Å². The second kappa shape index (κ2) is 6.78. The van der Waals surface area contributed by atoms with Gasteiger partial charge in [-0.2, -0.15) is 0 Å². The van der Waals surface area contributed by atoms with Crippen LogP contribution in [0.1, 0.15) is 5.56 Å². The van der Waals surface area contributed by atoms with Crippen LogP contribution in [0.2, 0.25) is 0 Å². The molecule has 1 aromatic heterocycles. The lowest BCUT2D eigenvalue weighted by Gasteiger charge is -2.23. The first-order valence-electron chi connectivity index (χ1n) is 7.33. The number of ether oxygens (including phenoxy) is 2. The maximum Gasteiger partial charge on any atom is 0.573 e. The molecule has 3 rings (SSSR count). The van der Waals surface area contributed by atoms with Crippen molar-refractivity contribution >= 4 is 5.82 Å². The van der Waals surface area contributed by atoms with Gasteiger partial charge in [0.2, 0.25) is 0 Å². The van der Waals surface area contributed by atoms with Crippen molar-refractivity contribution < 1.29 is 32.0 Å². The van der Waals surface area contributed by atoms with Crippen molar-refractivity contribution in [2.75, 3.05) is 6.61 Å². The molecular weight excluding hydrogens is 364 g/mol. The molecular formula is C14H12F4N4O4. The van der Waals surface area contributed by atoms with Crippen molar-refractivity contribution in [1.29, 1.82) is 0 Å². The Morgan fingerprint density at radius 2 is 2.23 bits per heavy atom. The highest BCUT2D eigenvalue weighted by atomic mass is 19.4. The van der Waals surface area contributed by atoms with Crippen LogP contribution in [0.15, 0.2) is 24.4 Å². The number of benzene rings is 1. The molecule has 0 aliphatic carbocycles. The standard InChI is InChI=1S/C14H12F4N4O4/c15-10-3-8(1-2-11(10)26-14(16,17)18)4-19-9-5-21-6-12(22(23)24)20-13(21)25-7-9/h1-3,6,9,19H,4-5,7H2. The largest absolute Gasteiger partial charge is 0.573 e. The first kappa shape index (κ1) is 17.9. The van der Waals surface area contributed by atoms with Gasteiger partial charge < -0.3 is 24.9 Å². The fraction of sp³-hybridized carbons (Fsp3) is 0.357. The third-order valence-electron chi connectivity index (χ3n) is 3.56. The number of nitrogens with one attached hydrogen (secondary N) is 1. The van der Waals surface area contributed by atoms with E-state index in [1.165, 1.54) is 16.8 Å². The van der Waals surface area contributed by atoms with Crippen LogP contribution >= 0.6 is 0 Å². The van der Waals surface area contributed by atoms with Crippen molar-refractivity contribution in [2.45, 2.75) is 25.5 Å². The highest BCUT2D eigenvalue weighted by Gasteiger charge is 2.32. The van der Waals surface area contributed by atoms with E-state index >= 15 is 0 Å². The van der Waals surface area contributed by atoms with Crippen LogP contribution in [0.4, 0.5) is 23.4 Å². The highest BCUT2D eigenvalue weighted by Crippen LogP contribution is 2.26. The Balaban J connectivity index is 1.59. The summed E-state index contributed by atoms with van der Waals surface area (Å²) in [6.07, 6.45) is -3.72. The smallest absolute Gasteiger partial charge is 0.444 e. The molecule has 0 radical (unpaired) electrons. The molecule has 1 aliphatic heterocycles. The Hall–Kier alpha value is -2.89. The number of aromatic nitrogens is 2. The lowest BCUT2D eigenvalue weighted by Crippen LogP contribution is -2.41. The van der Waals surface area contributed by atoms with E-state index in [0.29, 0.717) is 12.1 Å². The SMILES string of the molecule is O=[N+]([O-])c1cn2c(n1)OCC(NCc1ccc(OC(F)(F)F)c(F)c1)C2. The number of rotatable bonds is 5. The lowest BCUT2D eigenvalue weighted by molar-refractivity contribution is -0.389. The van der Waals surface area contributed by atoms with Crippen molar-refractivity contribution in [3.05, 3.63) is 45.9 Å². The van der Waals surface area contributed by atoms with E-state index in [0.717, 1.165) is 12.1 Å². The van der Waals surface area contributed by atoms with Crippen molar-refractivity contribution in [3.8, 4) is 11.8 Å². The van der Waals surface area contributed by atoms with E-state index in [-0.39, 0.29) is 31.0 Å². The van der Waals surface area contributed by atoms with Crippen molar-refractivity contribution in [1.82, 2.24) is 14.9 Å². The zero-order valence-electron chi connectivity index (χ0n) is 13.0. The Morgan fingerprint density at radius 1 is 1.46 bits per heavy atom. The van der Waals surface area contributed by atoms with Crippen LogP contribution in [-0.4, -0.2) is 33.5 Å². The van der Waals surface area contributed by atoms with Crippen LogP contribution in [0.5, 0.6) is 11.8 Å². The summed E-state index contributed by atoms with van der Waals surface area (Å²) in [7, 11) is 0. The van der Waals surface area contributed by atoms with E-state index in [4.69, 9.17) is 4.74 Å². The van der Waals surface area contributed by atoms with E-state index in [2.05, 4.69) is 15.0 Å². The maximum atomic E-state index is 13.7. The number of alkyl halides is 3. The third-order valence-corrected chi connectivity index (χ3v) is 3.56. The third kappa shape index (κ3) is 4.20. The first-order valence-corrected chi connectivity index (χ1v) is 7.33. The van der Waals surface area contributed by atoms with Gasteiger partial charge in [-0.3, -0.25) is 4.57 Å². The van der Waals surface area contributed by atoms with E-state index in [9.17, 15) is 27.7 Å². The summed E-state index contributed by atoms with van der Waals surface area (Å²) in [4.78, 5) is 13.8. The van der Waals surface area contributed by atoms with Crippen LogP contribution < -0.4 is 14.8 Å². The Kier molecular flexibility index (Phi) is 4.68. The van der Waals surface area contributed by atoms with Gasteiger partial charge in [0.25, 0.3) is 0 Å². The van der Waals surface area contributed by atoms with E-state index in [1.54, 1.807) is 0 Å². The average molecular weight is 376 g/mol. The predicted molar refractivity (Wildman–Crippen MR) is 78.1 cm³/mol. The summed E-state index contributed by atoms with van der Waals surface area (Å²) >= 11 is 0. The number of fused-ring (bicyclic) bond motifs is 1. The normalized spacial score (nSPS) is 16.7. The number of nitrogens with zero attached hydrogens (tertiary/aromatic N) is 3. The topological polar surface area (TPSA) is 91.5 Å². The molecule has 1 atom stereocenters. The zero-order valence-corrected chi connectivity index (χ0v) is 13.0. The summed E-state index contributed by atoms with van der Waals surface area (Å²) in [5.74, 6) is -2.37. The fourth-order valence-electron chi connectivity index (χ4n) is 2.43. The maximum absolute atomic E-state index is 13.7. The second-order valence-electron chi connectivity index (χ2n) is 5.49. The molecule has 0 spiro atoms. The number of hydrogen-bond donors (Lipinski definition) is 1. The molecule has 0 saturated heterocycles. The van der Waals surface area contributed by atoms with Gasteiger partial charge in [-0.1, -0.05) is 6.07 Å². The number of nitro groups is 1. The molecule has 140 valence electrons. The molecule has 0 amide bonds. The van der Waals surface area contributed by atoms with Gasteiger partial charge in [0.05, 0.1) is 6.04 Å². The fourth-order valence-corrected chi connectivity index (χ4v) is 2.43. The Morgan fingerprint density at radius 3 is 2.88 bits per heavy atom. The number of imidazole rings is 1. The quantitative estimate of drug-likeness (QED) is 0.490. The minimum atomic E-state index is -4.97. The first-order chi connectivity index (χ1) is 12.2. The van der Waals surface area contributed by atoms with Gasteiger partial charge in [0, 0.05) is 18.1 Å². The monoisotopic (exact) mass is 376 g/mol. The minimum Gasteiger partial charge on any atom is -0.444 e. The Bertz CT molecular complexity index is 824. The predicted octanol–water partition coefficient (Wildman–Crippen LogP) is 2.38. The van der Waals surface area contributed by atoms with Gasteiger partial charge in [0.15, 0.2) is 11.6 Å². The minimum absolute atomic E-state index is 0.134. The summed E-state index contributed by atoms with van der Waals surface area (Å²) in [5.41, 5.74) is 0.402. The average Bonchev–Trinajstić information content (AvgIpc) is 2.97. The van der Waals surface area contributed by atoms with Crippen LogP contribution in [0.3, 0.4) is 0 Å². The van der Waals surface area contributed by atoms with Gasteiger partial charge in [-0.25, -0.2) is 4.39 Å². The second-order valence-corrected chi connectivity index (χ2v) is 5.49. The molecule has 0 fully saturated rings. The van der Waals surface area contributed by atoms with Crippen LogP contribution in [0, 0.1) is 15.9 Å². The van der Waals surface area contributed by atoms with E-state index in [1.807, 2.05) is 0 Å². The molecule has 2 heterocycles. The zero-order chi connectivity index (χ0) is 18.9. The van der Waals surface area contributed by atoms with Crippen molar-refractivity contribution in [3.63, 3.8) is 0 Å². The van der Waals surface area contributed by atoms with Crippen LogP contribution in [-0.2, 0) is 13.1 Å². The molecule has 26 heavy (non-hydrogen) atoms. The van der Waals surface area contributed by atoms with Gasteiger partial charge in [-0.05, 0) is 22.6 Å². The van der Waals surface area contributed by atoms with Gasteiger partial charge in [0.1, 0.15) is 12.8 Å². The molecule has 1 N–H and O–H groups in total. The number of halogens is 4. The Labute approximate surface area is 143 Å². The summed E-state index contributed by atoms with van der Waals surface area (Å²) < 4.78 is 60.4. The van der Waals surface area contributed by atoms with E-state index < -0.39 is 22.9 Å². The number of hydrogen-bond acceptors (Lipinski definition) is 6.